The summed E-state index contributed by atoms with van der Waals surface area (Å²) in [5.41, 5.74) is 2.96. The molecule has 0 unspecified atom stereocenters. The van der Waals surface area contributed by atoms with Gasteiger partial charge in [0.05, 0.1) is 11.3 Å². The number of carbonyl (C=O) groups is 2. The molecule has 29 heavy (non-hydrogen) atoms. The number of pyridine rings is 1. The molecule has 7 heteroatoms. The zero-order valence-corrected chi connectivity index (χ0v) is 17.4. The molecule has 1 amide bonds. The molecule has 2 aromatic carbocycles. The third-order valence-corrected chi connectivity index (χ3v) is 5.37. The molecule has 1 N–H and O–H groups in total. The van der Waals surface area contributed by atoms with Crippen molar-refractivity contribution in [3.05, 3.63) is 87.8 Å². The number of thioether (sulfide) groups is 1. The predicted molar refractivity (Wildman–Crippen MR) is 115 cm³/mol. The average Bonchev–Trinajstić information content (AvgIpc) is 2.68. The van der Waals surface area contributed by atoms with E-state index in [4.69, 9.17) is 11.6 Å². The number of aromatic nitrogens is 1. The largest absolute Gasteiger partial charge is 0.322 e. The summed E-state index contributed by atoms with van der Waals surface area (Å²) in [4.78, 5) is 29.8. The first-order valence-electron chi connectivity index (χ1n) is 8.80. The van der Waals surface area contributed by atoms with Gasteiger partial charge in [0.2, 0.25) is 0 Å². The molecule has 0 radical (unpaired) electrons. The van der Waals surface area contributed by atoms with E-state index < -0.39 is 5.82 Å². The number of halogens is 2. The summed E-state index contributed by atoms with van der Waals surface area (Å²) in [7, 11) is 0. The second-order valence-corrected chi connectivity index (χ2v) is 7.84. The van der Waals surface area contributed by atoms with Crippen molar-refractivity contribution < 1.29 is 14.0 Å². The Bertz CT molecular complexity index is 1050. The van der Waals surface area contributed by atoms with Gasteiger partial charge >= 0.3 is 0 Å². The highest BCUT2D eigenvalue weighted by Gasteiger charge is 2.19. The first-order chi connectivity index (χ1) is 13.8. The first-order valence-corrected chi connectivity index (χ1v) is 10.2. The van der Waals surface area contributed by atoms with Crippen molar-refractivity contribution in [2.75, 3.05) is 11.1 Å². The van der Waals surface area contributed by atoms with Gasteiger partial charge in [0, 0.05) is 22.0 Å². The summed E-state index contributed by atoms with van der Waals surface area (Å²) in [6, 6.07) is 14.0. The second kappa shape index (κ2) is 9.20. The lowest BCUT2D eigenvalue weighted by Gasteiger charge is -2.13. The lowest BCUT2D eigenvalue weighted by Crippen LogP contribution is -2.16. The Hall–Kier alpha value is -2.70. The predicted octanol–water partition coefficient (Wildman–Crippen LogP) is 5.72. The number of aryl methyl sites for hydroxylation is 2. The molecule has 0 bridgehead atoms. The van der Waals surface area contributed by atoms with Gasteiger partial charge in [-0.3, -0.25) is 9.59 Å². The Kier molecular flexibility index (Phi) is 6.67. The fourth-order valence-corrected chi connectivity index (χ4v) is 3.93. The number of nitrogens with zero attached hydrogens (tertiary/aromatic N) is 1. The quantitative estimate of drug-likeness (QED) is 0.403. The smallest absolute Gasteiger partial charge is 0.258 e. The summed E-state index contributed by atoms with van der Waals surface area (Å²) in [5.74, 6) is -0.789. The number of ketones is 1. The minimum absolute atomic E-state index is 0.0861. The molecule has 4 nitrogen and oxygen atoms in total. The molecule has 148 valence electrons. The highest BCUT2D eigenvalue weighted by atomic mass is 35.5. The normalized spacial score (nSPS) is 10.6. The van der Waals surface area contributed by atoms with Crippen LogP contribution < -0.4 is 5.32 Å². The number of amides is 1. The molecule has 0 aliphatic heterocycles. The maximum Gasteiger partial charge on any atom is 0.258 e. The van der Waals surface area contributed by atoms with Crippen LogP contribution in [0.4, 0.5) is 10.1 Å². The maximum absolute atomic E-state index is 13.1. The van der Waals surface area contributed by atoms with Crippen LogP contribution in [0.1, 0.15) is 32.0 Å². The van der Waals surface area contributed by atoms with Gasteiger partial charge < -0.3 is 5.32 Å². The van der Waals surface area contributed by atoms with E-state index in [1.165, 1.54) is 36.0 Å². The van der Waals surface area contributed by atoms with Crippen molar-refractivity contribution in [3.63, 3.8) is 0 Å². The van der Waals surface area contributed by atoms with E-state index in [0.717, 1.165) is 11.3 Å². The van der Waals surface area contributed by atoms with Crippen molar-refractivity contribution in [1.82, 2.24) is 4.98 Å². The Morgan fingerprint density at radius 3 is 2.38 bits per heavy atom. The van der Waals surface area contributed by atoms with Gasteiger partial charge in [-0.1, -0.05) is 23.4 Å². The van der Waals surface area contributed by atoms with Crippen LogP contribution in [0, 0.1) is 19.7 Å². The summed E-state index contributed by atoms with van der Waals surface area (Å²) in [5, 5.41) is 3.89. The van der Waals surface area contributed by atoms with E-state index in [9.17, 15) is 14.0 Å². The van der Waals surface area contributed by atoms with Gasteiger partial charge in [-0.25, -0.2) is 9.37 Å². The summed E-state index contributed by atoms with van der Waals surface area (Å²) in [6.07, 6.45) is 0. The van der Waals surface area contributed by atoms with Gasteiger partial charge in [-0.2, -0.15) is 0 Å². The van der Waals surface area contributed by atoms with Crippen molar-refractivity contribution in [2.24, 2.45) is 0 Å². The Balaban J connectivity index is 1.80. The van der Waals surface area contributed by atoms with Crippen molar-refractivity contribution >= 4 is 40.7 Å². The van der Waals surface area contributed by atoms with E-state index in [1.807, 2.05) is 19.9 Å². The number of Topliss-reactive ketones (excluding diaryl/α,β-unsaturated/α-hetero) is 1. The van der Waals surface area contributed by atoms with E-state index >= 15 is 0 Å². The molecule has 1 heterocycles. The molecule has 3 rings (SSSR count). The van der Waals surface area contributed by atoms with Gasteiger partial charge in [0.25, 0.3) is 5.91 Å². The zero-order chi connectivity index (χ0) is 21.0. The molecule has 1 aromatic heterocycles. The number of carbonyl (C=O) groups excluding carboxylic acids is 2. The number of hydrogen-bond donors (Lipinski definition) is 1. The van der Waals surface area contributed by atoms with Gasteiger partial charge in [0.15, 0.2) is 5.78 Å². The van der Waals surface area contributed by atoms with Crippen molar-refractivity contribution in [3.8, 4) is 0 Å². The monoisotopic (exact) mass is 428 g/mol. The molecular formula is C22H18ClFN2O2S. The number of anilines is 1. The molecule has 3 aromatic rings. The molecular weight excluding hydrogens is 411 g/mol. The Labute approximate surface area is 177 Å². The summed E-state index contributed by atoms with van der Waals surface area (Å²) < 4.78 is 13.1. The third-order valence-electron chi connectivity index (χ3n) is 4.15. The van der Waals surface area contributed by atoms with Crippen LogP contribution >= 0.6 is 23.4 Å². The van der Waals surface area contributed by atoms with E-state index in [1.54, 1.807) is 24.3 Å². The summed E-state index contributed by atoms with van der Waals surface area (Å²) in [6.45, 7) is 3.66. The second-order valence-electron chi connectivity index (χ2n) is 6.44. The van der Waals surface area contributed by atoms with Gasteiger partial charge in [0.1, 0.15) is 10.8 Å². The fraction of sp³-hybridized carbons (Fsp3) is 0.136. The number of nitrogens with one attached hydrogen (secondary N) is 1. The molecule has 0 saturated carbocycles. The minimum Gasteiger partial charge on any atom is -0.322 e. The van der Waals surface area contributed by atoms with E-state index in [0.29, 0.717) is 26.9 Å². The average molecular weight is 429 g/mol. The lowest BCUT2D eigenvalue weighted by molar-refractivity contribution is 0.101. The van der Waals surface area contributed by atoms with Crippen LogP contribution in [0.3, 0.4) is 0 Å². The zero-order valence-electron chi connectivity index (χ0n) is 15.8. The van der Waals surface area contributed by atoms with Gasteiger partial charge in [-0.15, -0.1) is 0 Å². The molecule has 0 fully saturated rings. The Morgan fingerprint density at radius 1 is 1.07 bits per heavy atom. The topological polar surface area (TPSA) is 59.1 Å². The van der Waals surface area contributed by atoms with E-state index in [-0.39, 0.29) is 17.4 Å². The summed E-state index contributed by atoms with van der Waals surface area (Å²) >= 11 is 7.07. The molecule has 0 spiro atoms. The van der Waals surface area contributed by atoms with Crippen LogP contribution in [-0.2, 0) is 0 Å². The first kappa shape index (κ1) is 21.0. The third kappa shape index (κ3) is 5.43. The van der Waals surface area contributed by atoms with E-state index in [2.05, 4.69) is 10.3 Å². The van der Waals surface area contributed by atoms with Crippen LogP contribution in [0.2, 0.25) is 5.02 Å². The SMILES string of the molecule is Cc1cc(C)c(C(=O)Nc2ccc(Cl)cc2)c(SCC(=O)c2ccc(F)cc2)n1. The fourth-order valence-electron chi connectivity index (χ4n) is 2.76. The standard InChI is InChI=1S/C22H18ClFN2O2S/c1-13-11-14(2)25-22(29-12-19(27)15-3-7-17(24)8-4-15)20(13)21(28)26-18-9-5-16(23)6-10-18/h3-11H,12H2,1-2H3,(H,26,28). The highest BCUT2D eigenvalue weighted by Crippen LogP contribution is 2.26. The van der Waals surface area contributed by atoms with Crippen molar-refractivity contribution in [2.45, 2.75) is 18.9 Å². The minimum atomic E-state index is -0.397. The van der Waals surface area contributed by atoms with Gasteiger partial charge in [-0.05, 0) is 74.0 Å². The van der Waals surface area contributed by atoms with Crippen LogP contribution in [0.25, 0.3) is 0 Å². The molecule has 0 aliphatic carbocycles. The van der Waals surface area contributed by atoms with Crippen LogP contribution in [-0.4, -0.2) is 22.4 Å². The maximum atomic E-state index is 13.1. The lowest BCUT2D eigenvalue weighted by atomic mass is 10.1. The number of rotatable bonds is 6. The van der Waals surface area contributed by atoms with Crippen LogP contribution in [0.15, 0.2) is 59.6 Å². The highest BCUT2D eigenvalue weighted by molar-refractivity contribution is 8.00. The molecule has 0 aliphatic rings. The van der Waals surface area contributed by atoms with Crippen molar-refractivity contribution in [1.29, 1.82) is 0 Å². The van der Waals surface area contributed by atoms with Crippen LogP contribution in [0.5, 0.6) is 0 Å². The molecule has 0 saturated heterocycles. The molecule has 0 atom stereocenters. The number of hydrogen-bond acceptors (Lipinski definition) is 4. The number of benzene rings is 2. The Morgan fingerprint density at radius 2 is 1.72 bits per heavy atom.